The van der Waals surface area contributed by atoms with Gasteiger partial charge in [0.25, 0.3) is 0 Å². The van der Waals surface area contributed by atoms with Crippen molar-refractivity contribution in [3.63, 3.8) is 0 Å². The predicted octanol–water partition coefficient (Wildman–Crippen LogP) is 10.7. The van der Waals surface area contributed by atoms with Crippen molar-refractivity contribution < 1.29 is 4.42 Å². The van der Waals surface area contributed by atoms with E-state index in [0.717, 1.165) is 88.2 Å². The van der Waals surface area contributed by atoms with E-state index < -0.39 is 0 Å². The van der Waals surface area contributed by atoms with E-state index in [-0.39, 0.29) is 0 Å². The Morgan fingerprint density at radius 1 is 0.511 bits per heavy atom. The first-order valence-electron chi connectivity index (χ1n) is 14.9. The van der Waals surface area contributed by atoms with Crippen LogP contribution in [-0.2, 0) is 0 Å². The second kappa shape index (κ2) is 9.87. The lowest BCUT2D eigenvalue weighted by molar-refractivity contribution is 0.673. The Hall–Kier alpha value is -6.31. The minimum Gasteiger partial charge on any atom is -0.455 e. The molecule has 45 heavy (non-hydrogen) atoms. The molecule has 4 heteroatoms. The zero-order valence-corrected chi connectivity index (χ0v) is 24.0. The summed E-state index contributed by atoms with van der Waals surface area (Å²) >= 11 is 0. The van der Waals surface area contributed by atoms with Crippen LogP contribution >= 0.6 is 0 Å². The van der Waals surface area contributed by atoms with Crippen molar-refractivity contribution in [2.75, 3.05) is 0 Å². The Labute approximate surface area is 258 Å². The molecule has 0 aliphatic carbocycles. The number of nitrogens with zero attached hydrogens (tertiary/aromatic N) is 3. The average Bonchev–Trinajstić information content (AvgIpc) is 3.50. The molecule has 0 fully saturated rings. The molecule has 0 radical (unpaired) electrons. The van der Waals surface area contributed by atoms with E-state index in [1.165, 1.54) is 0 Å². The van der Waals surface area contributed by atoms with Gasteiger partial charge >= 0.3 is 0 Å². The van der Waals surface area contributed by atoms with Crippen molar-refractivity contribution in [1.29, 1.82) is 5.26 Å². The van der Waals surface area contributed by atoms with Crippen LogP contribution in [0.5, 0.6) is 0 Å². The summed E-state index contributed by atoms with van der Waals surface area (Å²) in [5.41, 5.74) is 10.1. The van der Waals surface area contributed by atoms with Gasteiger partial charge in [0, 0.05) is 38.1 Å². The molecule has 6 aromatic carbocycles. The van der Waals surface area contributed by atoms with Crippen molar-refractivity contribution in [2.45, 2.75) is 0 Å². The number of hydrogen-bond donors (Lipinski definition) is 0. The van der Waals surface area contributed by atoms with Crippen molar-refractivity contribution in [3.05, 3.63) is 145 Å². The molecule has 0 saturated carbocycles. The monoisotopic (exact) mass is 573 g/mol. The highest BCUT2D eigenvalue weighted by atomic mass is 16.3. The topological polar surface area (TPSA) is 62.7 Å². The van der Waals surface area contributed by atoms with Crippen LogP contribution in [0.3, 0.4) is 0 Å². The van der Waals surface area contributed by atoms with E-state index in [1.807, 2.05) is 54.6 Å². The van der Waals surface area contributed by atoms with Crippen LogP contribution < -0.4 is 0 Å². The third-order valence-electron chi connectivity index (χ3n) is 8.69. The van der Waals surface area contributed by atoms with E-state index in [9.17, 15) is 5.26 Å². The molecule has 0 bridgehead atoms. The molecule has 0 N–H and O–H groups in total. The van der Waals surface area contributed by atoms with Gasteiger partial charge in [-0.1, -0.05) is 103 Å². The molecule has 9 rings (SSSR count). The van der Waals surface area contributed by atoms with E-state index in [0.29, 0.717) is 5.56 Å². The minimum absolute atomic E-state index is 0.636. The number of aromatic nitrogens is 2. The average molecular weight is 574 g/mol. The molecule has 0 amide bonds. The molecular formula is C41H23N3O. The van der Waals surface area contributed by atoms with Gasteiger partial charge in [-0.3, -0.25) is 0 Å². The molecule has 0 unspecified atom stereocenters. The summed E-state index contributed by atoms with van der Waals surface area (Å²) in [6.45, 7) is 0. The maximum atomic E-state index is 9.33. The summed E-state index contributed by atoms with van der Waals surface area (Å²) in [7, 11) is 0. The summed E-state index contributed by atoms with van der Waals surface area (Å²) in [5.74, 6) is 0. The summed E-state index contributed by atoms with van der Waals surface area (Å²) in [4.78, 5) is 10.4. The zero-order chi connectivity index (χ0) is 29.9. The van der Waals surface area contributed by atoms with E-state index in [2.05, 4.69) is 91.0 Å². The van der Waals surface area contributed by atoms with Crippen molar-refractivity contribution >= 4 is 54.5 Å². The Kier molecular flexibility index (Phi) is 5.53. The largest absolute Gasteiger partial charge is 0.455 e. The van der Waals surface area contributed by atoms with Gasteiger partial charge in [0.15, 0.2) is 0 Å². The van der Waals surface area contributed by atoms with Gasteiger partial charge in [-0.2, -0.15) is 5.26 Å². The number of rotatable bonds is 3. The molecule has 0 saturated heterocycles. The molecule has 0 aliphatic heterocycles. The Morgan fingerprint density at radius 3 is 1.93 bits per heavy atom. The number of pyridine rings is 2. The van der Waals surface area contributed by atoms with Crippen LogP contribution in [0.15, 0.2) is 144 Å². The van der Waals surface area contributed by atoms with Crippen LogP contribution in [0.25, 0.3) is 88.2 Å². The minimum atomic E-state index is 0.636. The van der Waals surface area contributed by atoms with Crippen LogP contribution in [0.1, 0.15) is 5.56 Å². The highest BCUT2D eigenvalue weighted by Crippen LogP contribution is 2.43. The molecule has 0 aliphatic rings. The fourth-order valence-corrected chi connectivity index (χ4v) is 6.51. The van der Waals surface area contributed by atoms with E-state index >= 15 is 0 Å². The normalized spacial score (nSPS) is 11.5. The molecule has 9 aromatic rings. The van der Waals surface area contributed by atoms with Gasteiger partial charge in [0.05, 0.1) is 34.1 Å². The lowest BCUT2D eigenvalue weighted by Crippen LogP contribution is -1.92. The summed E-state index contributed by atoms with van der Waals surface area (Å²) in [6, 6.07) is 49.6. The molecule has 208 valence electrons. The molecule has 0 spiro atoms. The molecule has 0 atom stereocenters. The van der Waals surface area contributed by atoms with E-state index in [1.54, 1.807) is 0 Å². The van der Waals surface area contributed by atoms with E-state index in [4.69, 9.17) is 14.4 Å². The third kappa shape index (κ3) is 3.99. The smallest absolute Gasteiger partial charge is 0.143 e. The maximum Gasteiger partial charge on any atom is 0.143 e. The van der Waals surface area contributed by atoms with Gasteiger partial charge in [0.2, 0.25) is 0 Å². The number of fused-ring (bicyclic) bond motifs is 8. The standard InChI is InChI=1S/C41H23N3O/c42-24-25-13-15-26(16-14-25)30-11-6-12-37-38(30)34-23-33(31-9-4-5-10-32(31)41(34)45-37)36-22-20-29-18-17-28-19-21-35(27-7-2-1-3-8-27)43-39(28)40(29)44-36/h1-23H. The van der Waals surface area contributed by atoms with Crippen LogP contribution in [0, 0.1) is 11.3 Å². The zero-order valence-electron chi connectivity index (χ0n) is 24.0. The van der Waals surface area contributed by atoms with Crippen LogP contribution in [0.2, 0.25) is 0 Å². The van der Waals surface area contributed by atoms with Gasteiger partial charge in [-0.05, 0) is 52.9 Å². The fraction of sp³-hybridized carbons (Fsp3) is 0. The first-order valence-corrected chi connectivity index (χ1v) is 14.9. The number of hydrogen-bond acceptors (Lipinski definition) is 4. The highest BCUT2D eigenvalue weighted by Gasteiger charge is 2.19. The molecule has 3 heterocycles. The fourth-order valence-electron chi connectivity index (χ4n) is 6.51. The molecule has 4 nitrogen and oxygen atoms in total. The number of benzene rings is 6. The van der Waals surface area contributed by atoms with Crippen molar-refractivity contribution in [1.82, 2.24) is 9.97 Å². The lowest BCUT2D eigenvalue weighted by Gasteiger charge is -2.11. The second-order valence-corrected chi connectivity index (χ2v) is 11.3. The van der Waals surface area contributed by atoms with Crippen LogP contribution in [-0.4, -0.2) is 9.97 Å². The van der Waals surface area contributed by atoms with Gasteiger partial charge in [-0.15, -0.1) is 0 Å². The number of furan rings is 1. The van der Waals surface area contributed by atoms with Crippen molar-refractivity contribution in [3.8, 4) is 39.7 Å². The SMILES string of the molecule is N#Cc1ccc(-c2cccc3oc4c5ccccc5c(-c5ccc6ccc7ccc(-c8ccccc8)nc7c6n5)cc4c23)cc1. The van der Waals surface area contributed by atoms with Gasteiger partial charge < -0.3 is 4.42 Å². The van der Waals surface area contributed by atoms with Crippen LogP contribution in [0.4, 0.5) is 0 Å². The highest BCUT2D eigenvalue weighted by molar-refractivity contribution is 6.22. The summed E-state index contributed by atoms with van der Waals surface area (Å²) in [6.07, 6.45) is 0. The van der Waals surface area contributed by atoms with Gasteiger partial charge in [-0.25, -0.2) is 9.97 Å². The summed E-state index contributed by atoms with van der Waals surface area (Å²) in [5, 5.41) is 15.6. The molecule has 3 aromatic heterocycles. The number of nitriles is 1. The Bertz CT molecular complexity index is 2650. The quantitative estimate of drug-likeness (QED) is 0.197. The molecular weight excluding hydrogens is 550 g/mol. The Morgan fingerprint density at radius 2 is 1.18 bits per heavy atom. The maximum absolute atomic E-state index is 9.33. The predicted molar refractivity (Wildman–Crippen MR) is 183 cm³/mol. The van der Waals surface area contributed by atoms with Gasteiger partial charge in [0.1, 0.15) is 11.2 Å². The summed E-state index contributed by atoms with van der Waals surface area (Å²) < 4.78 is 6.56. The lowest BCUT2D eigenvalue weighted by atomic mass is 9.94. The van der Waals surface area contributed by atoms with Crippen molar-refractivity contribution in [2.24, 2.45) is 0 Å². The first kappa shape index (κ1) is 25.2. The Balaban J connectivity index is 1.32. The third-order valence-corrected chi connectivity index (χ3v) is 8.69. The first-order chi connectivity index (χ1) is 22.2. The second-order valence-electron chi connectivity index (χ2n) is 11.3.